The van der Waals surface area contributed by atoms with Gasteiger partial charge in [-0.05, 0) is 31.5 Å². The van der Waals surface area contributed by atoms with Gasteiger partial charge in [0.15, 0.2) is 0 Å². The molecule has 2 heterocycles. The fourth-order valence-electron chi connectivity index (χ4n) is 1.93. The molecule has 0 aliphatic carbocycles. The first-order valence-electron chi connectivity index (χ1n) is 4.90. The van der Waals surface area contributed by atoms with E-state index in [0.717, 1.165) is 25.2 Å². The van der Waals surface area contributed by atoms with Gasteiger partial charge in [-0.15, -0.1) is 0 Å². The number of nitrogens with one attached hydrogen (secondary N) is 2. The Balaban J connectivity index is 1.99. The monoisotopic (exact) mass is 180 g/mol. The molecule has 1 aliphatic rings. The fourth-order valence-corrected chi connectivity index (χ4v) is 1.93. The van der Waals surface area contributed by atoms with Gasteiger partial charge in [0.1, 0.15) is 0 Å². The first kappa shape index (κ1) is 8.78. The number of aromatic nitrogens is 1. The fraction of sp³-hybridized carbons (Fsp3) is 0.600. The quantitative estimate of drug-likeness (QED) is 0.637. The number of H-pyrrole nitrogens is 1. The Morgan fingerprint density at radius 2 is 2.46 bits per heavy atom. The van der Waals surface area contributed by atoms with E-state index in [9.17, 15) is 5.11 Å². The number of aliphatic hydroxyl groups is 1. The van der Waals surface area contributed by atoms with E-state index in [-0.39, 0.29) is 6.10 Å². The van der Waals surface area contributed by atoms with Crippen LogP contribution in [0.1, 0.15) is 24.6 Å². The predicted molar refractivity (Wildman–Crippen MR) is 51.3 cm³/mol. The van der Waals surface area contributed by atoms with Crippen LogP contribution in [0.4, 0.5) is 0 Å². The summed E-state index contributed by atoms with van der Waals surface area (Å²) < 4.78 is 0. The molecule has 13 heavy (non-hydrogen) atoms. The molecule has 1 saturated heterocycles. The Kier molecular flexibility index (Phi) is 2.66. The summed E-state index contributed by atoms with van der Waals surface area (Å²) in [4.78, 5) is 3.06. The van der Waals surface area contributed by atoms with Gasteiger partial charge in [0.2, 0.25) is 0 Å². The lowest BCUT2D eigenvalue weighted by atomic mass is 9.92. The van der Waals surface area contributed by atoms with Gasteiger partial charge in [0.25, 0.3) is 0 Å². The highest BCUT2D eigenvalue weighted by Gasteiger charge is 2.22. The van der Waals surface area contributed by atoms with Gasteiger partial charge < -0.3 is 15.4 Å². The van der Waals surface area contributed by atoms with Crippen LogP contribution in [0, 0.1) is 5.92 Å². The SMILES string of the molecule is OC(c1ccc[nH]1)C1CCCNC1. The number of aromatic amines is 1. The van der Waals surface area contributed by atoms with Gasteiger partial charge in [-0.25, -0.2) is 0 Å². The molecular formula is C10H16N2O. The van der Waals surface area contributed by atoms with E-state index in [1.807, 2.05) is 18.3 Å². The summed E-state index contributed by atoms with van der Waals surface area (Å²) in [6, 6.07) is 3.87. The van der Waals surface area contributed by atoms with Crippen molar-refractivity contribution in [1.29, 1.82) is 0 Å². The first-order valence-corrected chi connectivity index (χ1v) is 4.90. The lowest BCUT2D eigenvalue weighted by Gasteiger charge is -2.26. The molecule has 1 aromatic heterocycles. The number of aliphatic hydroxyl groups excluding tert-OH is 1. The van der Waals surface area contributed by atoms with Gasteiger partial charge in [0.05, 0.1) is 6.10 Å². The van der Waals surface area contributed by atoms with Crippen LogP contribution >= 0.6 is 0 Å². The zero-order valence-corrected chi connectivity index (χ0v) is 7.66. The molecule has 0 saturated carbocycles. The highest BCUT2D eigenvalue weighted by atomic mass is 16.3. The number of rotatable bonds is 2. The van der Waals surface area contributed by atoms with E-state index < -0.39 is 0 Å². The Hall–Kier alpha value is -0.800. The largest absolute Gasteiger partial charge is 0.387 e. The highest BCUT2D eigenvalue weighted by molar-refractivity contribution is 5.08. The lowest BCUT2D eigenvalue weighted by Crippen LogP contribution is -2.33. The topological polar surface area (TPSA) is 48.0 Å². The van der Waals surface area contributed by atoms with Gasteiger partial charge in [0, 0.05) is 24.4 Å². The van der Waals surface area contributed by atoms with Crippen LogP contribution in [0.3, 0.4) is 0 Å². The average Bonchev–Trinajstić information content (AvgIpc) is 2.71. The minimum absolute atomic E-state index is 0.331. The van der Waals surface area contributed by atoms with Crippen LogP contribution in [-0.4, -0.2) is 23.2 Å². The van der Waals surface area contributed by atoms with Crippen molar-refractivity contribution >= 4 is 0 Å². The molecule has 0 bridgehead atoms. The number of hydrogen-bond acceptors (Lipinski definition) is 2. The summed E-state index contributed by atoms with van der Waals surface area (Å²) in [5.41, 5.74) is 0.939. The molecule has 0 spiro atoms. The maximum Gasteiger partial charge on any atom is 0.0977 e. The molecule has 1 fully saturated rings. The summed E-state index contributed by atoms with van der Waals surface area (Å²) in [5.74, 6) is 0.368. The molecular weight excluding hydrogens is 164 g/mol. The zero-order valence-electron chi connectivity index (χ0n) is 7.66. The van der Waals surface area contributed by atoms with E-state index in [1.54, 1.807) is 0 Å². The normalized spacial score (nSPS) is 25.8. The molecule has 72 valence electrons. The Morgan fingerprint density at radius 3 is 3.08 bits per heavy atom. The summed E-state index contributed by atoms with van der Waals surface area (Å²) in [6.07, 6.45) is 3.81. The third-order valence-corrected chi connectivity index (χ3v) is 2.72. The van der Waals surface area contributed by atoms with E-state index in [1.165, 1.54) is 6.42 Å². The van der Waals surface area contributed by atoms with Crippen LogP contribution in [0.15, 0.2) is 18.3 Å². The summed E-state index contributed by atoms with van der Waals surface area (Å²) in [5, 5.41) is 13.3. The molecule has 1 aromatic rings. The van der Waals surface area contributed by atoms with E-state index >= 15 is 0 Å². The molecule has 3 N–H and O–H groups in total. The molecule has 2 atom stereocenters. The van der Waals surface area contributed by atoms with E-state index in [2.05, 4.69) is 10.3 Å². The standard InChI is InChI=1S/C10H16N2O/c13-10(9-4-2-6-12-9)8-3-1-5-11-7-8/h2,4,6,8,10-13H,1,3,5,7H2. The van der Waals surface area contributed by atoms with Crippen molar-refractivity contribution in [2.75, 3.05) is 13.1 Å². The van der Waals surface area contributed by atoms with Gasteiger partial charge >= 0.3 is 0 Å². The maximum absolute atomic E-state index is 9.96. The smallest absolute Gasteiger partial charge is 0.0977 e. The second-order valence-electron chi connectivity index (χ2n) is 3.68. The summed E-state index contributed by atoms with van der Waals surface area (Å²) >= 11 is 0. The van der Waals surface area contributed by atoms with Crippen LogP contribution < -0.4 is 5.32 Å². The molecule has 0 amide bonds. The Labute approximate surface area is 78.2 Å². The second kappa shape index (κ2) is 3.94. The van der Waals surface area contributed by atoms with Crippen molar-refractivity contribution in [1.82, 2.24) is 10.3 Å². The summed E-state index contributed by atoms with van der Waals surface area (Å²) in [7, 11) is 0. The molecule has 0 aromatic carbocycles. The van der Waals surface area contributed by atoms with Gasteiger partial charge in [-0.1, -0.05) is 0 Å². The zero-order chi connectivity index (χ0) is 9.10. The Bertz CT molecular complexity index is 239. The van der Waals surface area contributed by atoms with Crippen molar-refractivity contribution in [2.24, 2.45) is 5.92 Å². The minimum Gasteiger partial charge on any atom is -0.387 e. The van der Waals surface area contributed by atoms with E-state index in [0.29, 0.717) is 5.92 Å². The maximum atomic E-state index is 9.96. The van der Waals surface area contributed by atoms with Crippen LogP contribution in [0.5, 0.6) is 0 Å². The molecule has 0 radical (unpaired) electrons. The van der Waals surface area contributed by atoms with Crippen molar-refractivity contribution in [2.45, 2.75) is 18.9 Å². The second-order valence-corrected chi connectivity index (χ2v) is 3.68. The molecule has 1 aliphatic heterocycles. The third kappa shape index (κ3) is 1.92. The first-order chi connectivity index (χ1) is 6.38. The molecule has 2 unspecified atom stereocenters. The van der Waals surface area contributed by atoms with Gasteiger partial charge in [-0.3, -0.25) is 0 Å². The highest BCUT2D eigenvalue weighted by Crippen LogP contribution is 2.25. The van der Waals surface area contributed by atoms with Crippen LogP contribution in [0.25, 0.3) is 0 Å². The number of piperidine rings is 1. The minimum atomic E-state index is -0.331. The van der Waals surface area contributed by atoms with Crippen molar-refractivity contribution in [3.05, 3.63) is 24.0 Å². The average molecular weight is 180 g/mol. The molecule has 3 nitrogen and oxygen atoms in total. The van der Waals surface area contributed by atoms with Crippen molar-refractivity contribution in [3.63, 3.8) is 0 Å². The van der Waals surface area contributed by atoms with Crippen LogP contribution in [-0.2, 0) is 0 Å². The predicted octanol–water partition coefficient (Wildman–Crippen LogP) is 1.05. The van der Waals surface area contributed by atoms with Crippen molar-refractivity contribution in [3.8, 4) is 0 Å². The Morgan fingerprint density at radius 1 is 1.54 bits per heavy atom. The summed E-state index contributed by atoms with van der Waals surface area (Å²) in [6.45, 7) is 2.02. The van der Waals surface area contributed by atoms with Crippen LogP contribution in [0.2, 0.25) is 0 Å². The third-order valence-electron chi connectivity index (χ3n) is 2.72. The van der Waals surface area contributed by atoms with Crippen molar-refractivity contribution < 1.29 is 5.11 Å². The van der Waals surface area contributed by atoms with E-state index in [4.69, 9.17) is 0 Å². The lowest BCUT2D eigenvalue weighted by molar-refractivity contribution is 0.0888. The molecule has 2 rings (SSSR count). The number of hydrogen-bond donors (Lipinski definition) is 3. The van der Waals surface area contributed by atoms with Gasteiger partial charge in [-0.2, -0.15) is 0 Å². The molecule has 3 heteroatoms.